The van der Waals surface area contributed by atoms with Gasteiger partial charge in [0.1, 0.15) is 25.1 Å². The van der Waals surface area contributed by atoms with Gasteiger partial charge in [0.15, 0.2) is 5.76 Å². The van der Waals surface area contributed by atoms with Crippen molar-refractivity contribution in [3.05, 3.63) is 71.9 Å². The predicted octanol–water partition coefficient (Wildman–Crippen LogP) is 3.78. The van der Waals surface area contributed by atoms with Crippen LogP contribution in [0.3, 0.4) is 0 Å². The van der Waals surface area contributed by atoms with Gasteiger partial charge in [-0.2, -0.15) is 0 Å². The topological polar surface area (TPSA) is 44.5 Å². The molecule has 0 heterocycles. The molecular weight excluding hydrogens is 285 g/mol. The molecule has 2 aromatic rings. The molecule has 0 atom stereocenters. The van der Waals surface area contributed by atoms with Crippen LogP contribution in [0.1, 0.15) is 6.42 Å². The van der Waals surface area contributed by atoms with E-state index in [0.717, 1.165) is 5.47 Å². The lowest BCUT2D eigenvalue weighted by Gasteiger charge is -2.09. The van der Waals surface area contributed by atoms with E-state index in [1.165, 1.54) is 0 Å². The number of rotatable bonds is 4. The third-order valence-corrected chi connectivity index (χ3v) is 3.10. The fraction of sp³-hybridized carbons (Fsp3) is 0.0526. The minimum atomic E-state index is 0.545. The monoisotopic (exact) mass is 299 g/mol. The summed E-state index contributed by atoms with van der Waals surface area (Å²) in [5.41, 5.74) is 7.08. The molecule has 0 amide bonds. The molecule has 3 nitrogen and oxygen atoms in total. The van der Waals surface area contributed by atoms with Crippen molar-refractivity contribution in [3.8, 4) is 29.1 Å². The number of ether oxygens (including phenoxy) is 2. The van der Waals surface area contributed by atoms with Crippen LogP contribution in [0, 0.1) is 11.8 Å². The van der Waals surface area contributed by atoms with Crippen molar-refractivity contribution >= 4 is 13.5 Å². The molecule has 4 heteroatoms. The smallest absolute Gasteiger partial charge is 0.177 e. The molecule has 0 saturated heterocycles. The van der Waals surface area contributed by atoms with Gasteiger partial charge in [-0.1, -0.05) is 18.1 Å². The van der Waals surface area contributed by atoms with E-state index in [9.17, 15) is 0 Å². The third-order valence-electron chi connectivity index (χ3n) is 3.10. The molecule has 23 heavy (non-hydrogen) atoms. The largest absolute Gasteiger partial charge is 0.457 e. The van der Waals surface area contributed by atoms with E-state index in [0.29, 0.717) is 35.1 Å². The van der Waals surface area contributed by atoms with E-state index >= 15 is 0 Å². The van der Waals surface area contributed by atoms with E-state index in [-0.39, 0.29) is 0 Å². The van der Waals surface area contributed by atoms with Crippen molar-refractivity contribution < 1.29 is 9.47 Å². The van der Waals surface area contributed by atoms with Crippen LogP contribution in [0.4, 0.5) is 5.69 Å². The number of nitrogen functional groups attached to an aromatic ring is 1. The standard InChI is InChI=1S/C19H14BNO2/c20-14-3-1-4-16(10-7-14)22-18-5-2-6-19(13-18)23-17-11-8-15(21)9-12-17/h2,5-13H,3,21H2. The van der Waals surface area contributed by atoms with Gasteiger partial charge in [0.25, 0.3) is 0 Å². The molecule has 0 aromatic heterocycles. The van der Waals surface area contributed by atoms with Crippen molar-refractivity contribution in [2.24, 2.45) is 0 Å². The molecule has 0 bridgehead atoms. The van der Waals surface area contributed by atoms with Crippen LogP contribution in [-0.2, 0) is 0 Å². The number of anilines is 1. The molecule has 1 aliphatic carbocycles. The lowest BCUT2D eigenvalue weighted by molar-refractivity contribution is 0.439. The Labute approximate surface area is 136 Å². The van der Waals surface area contributed by atoms with Crippen LogP contribution in [0.25, 0.3) is 0 Å². The van der Waals surface area contributed by atoms with Crippen LogP contribution in [-0.4, -0.2) is 7.85 Å². The first kappa shape index (κ1) is 14.9. The number of nitrogens with two attached hydrogens (primary N) is 1. The first-order valence-corrected chi connectivity index (χ1v) is 7.15. The van der Waals surface area contributed by atoms with Gasteiger partial charge in [0.05, 0.1) is 0 Å². The summed E-state index contributed by atoms with van der Waals surface area (Å²) in [4.78, 5) is 0. The zero-order valence-corrected chi connectivity index (χ0v) is 12.5. The first-order chi connectivity index (χ1) is 11.2. The average Bonchev–Trinajstić information content (AvgIpc) is 2.75. The summed E-state index contributed by atoms with van der Waals surface area (Å²) in [6.07, 6.45) is 4.10. The lowest BCUT2D eigenvalue weighted by Crippen LogP contribution is -1.93. The van der Waals surface area contributed by atoms with Crippen LogP contribution in [0.15, 0.2) is 71.9 Å². The Morgan fingerprint density at radius 3 is 2.43 bits per heavy atom. The molecule has 2 radical (unpaired) electrons. The molecule has 0 aliphatic heterocycles. The molecule has 0 fully saturated rings. The second-order valence-corrected chi connectivity index (χ2v) is 5.00. The van der Waals surface area contributed by atoms with E-state index in [2.05, 4.69) is 11.8 Å². The van der Waals surface area contributed by atoms with Gasteiger partial charge in [0.2, 0.25) is 0 Å². The fourth-order valence-corrected chi connectivity index (χ4v) is 1.98. The maximum Gasteiger partial charge on any atom is 0.177 e. The molecule has 0 saturated carbocycles. The Morgan fingerprint density at radius 2 is 1.65 bits per heavy atom. The minimum Gasteiger partial charge on any atom is -0.457 e. The number of hydrogen-bond acceptors (Lipinski definition) is 3. The van der Waals surface area contributed by atoms with Gasteiger partial charge in [-0.15, -0.1) is 5.47 Å². The summed E-state index contributed by atoms with van der Waals surface area (Å²) in [5, 5.41) is 0. The highest BCUT2D eigenvalue weighted by Gasteiger charge is 2.03. The van der Waals surface area contributed by atoms with Gasteiger partial charge in [-0.25, -0.2) is 0 Å². The van der Waals surface area contributed by atoms with E-state index < -0.39 is 0 Å². The molecule has 1 aliphatic rings. The van der Waals surface area contributed by atoms with Gasteiger partial charge in [0, 0.05) is 18.2 Å². The zero-order valence-electron chi connectivity index (χ0n) is 12.5. The van der Waals surface area contributed by atoms with Gasteiger partial charge < -0.3 is 15.2 Å². The first-order valence-electron chi connectivity index (χ1n) is 7.15. The predicted molar refractivity (Wildman–Crippen MR) is 92.3 cm³/mol. The summed E-state index contributed by atoms with van der Waals surface area (Å²) < 4.78 is 11.6. The van der Waals surface area contributed by atoms with Crippen molar-refractivity contribution in [2.45, 2.75) is 6.42 Å². The number of benzene rings is 2. The lowest BCUT2D eigenvalue weighted by atomic mass is 9.93. The molecule has 0 unspecified atom stereocenters. The highest BCUT2D eigenvalue weighted by molar-refractivity contribution is 6.22. The molecule has 3 rings (SSSR count). The van der Waals surface area contributed by atoms with E-state index in [1.807, 2.05) is 30.3 Å². The summed E-state index contributed by atoms with van der Waals surface area (Å²) in [5.74, 6) is 8.46. The quantitative estimate of drug-likeness (QED) is 0.531. The molecule has 0 spiro atoms. The van der Waals surface area contributed by atoms with Gasteiger partial charge in [-0.3, -0.25) is 0 Å². The second kappa shape index (κ2) is 6.80. The van der Waals surface area contributed by atoms with Crippen molar-refractivity contribution in [1.82, 2.24) is 0 Å². The number of hydrogen-bond donors (Lipinski definition) is 1. The normalized spacial score (nSPS) is 13.0. The van der Waals surface area contributed by atoms with E-state index in [1.54, 1.807) is 30.4 Å². The third kappa shape index (κ3) is 4.21. The zero-order chi connectivity index (χ0) is 16.1. The van der Waals surface area contributed by atoms with Gasteiger partial charge in [-0.05, 0) is 48.4 Å². The minimum absolute atomic E-state index is 0.545. The Balaban J connectivity index is 1.74. The fourth-order valence-electron chi connectivity index (χ4n) is 1.98. The molecular formula is C19H14BNO2. The molecule has 2 aromatic carbocycles. The maximum absolute atomic E-state index is 5.78. The highest BCUT2D eigenvalue weighted by atomic mass is 16.5. The summed E-state index contributed by atoms with van der Waals surface area (Å²) >= 11 is 0. The Morgan fingerprint density at radius 1 is 0.913 bits per heavy atom. The van der Waals surface area contributed by atoms with Crippen molar-refractivity contribution in [1.29, 1.82) is 0 Å². The van der Waals surface area contributed by atoms with Crippen LogP contribution in [0.5, 0.6) is 17.2 Å². The second-order valence-electron chi connectivity index (χ2n) is 5.00. The SMILES string of the molecule is [B]C1=CC=C(Oc2cccc(Oc3ccc(N)cc3)c2)C#CC1. The van der Waals surface area contributed by atoms with Crippen LogP contribution >= 0.6 is 0 Å². The van der Waals surface area contributed by atoms with Crippen molar-refractivity contribution in [2.75, 3.05) is 5.73 Å². The molecule has 2 N–H and O–H groups in total. The average molecular weight is 299 g/mol. The van der Waals surface area contributed by atoms with E-state index in [4.69, 9.17) is 23.1 Å². The summed E-state index contributed by atoms with van der Waals surface area (Å²) in [7, 11) is 5.74. The summed E-state index contributed by atoms with van der Waals surface area (Å²) in [6.45, 7) is 0. The van der Waals surface area contributed by atoms with Gasteiger partial charge >= 0.3 is 0 Å². The number of allylic oxidation sites excluding steroid dienone is 4. The summed E-state index contributed by atoms with van der Waals surface area (Å²) in [6, 6.07) is 14.6. The Bertz CT molecular complexity index is 826. The molecule has 110 valence electrons. The van der Waals surface area contributed by atoms with Crippen LogP contribution in [0.2, 0.25) is 0 Å². The maximum atomic E-state index is 5.78. The van der Waals surface area contributed by atoms with Crippen LogP contribution < -0.4 is 15.2 Å². The highest BCUT2D eigenvalue weighted by Crippen LogP contribution is 2.26. The van der Waals surface area contributed by atoms with Crippen molar-refractivity contribution in [3.63, 3.8) is 0 Å². The Hall–Kier alpha value is -3.06. The Kier molecular flexibility index (Phi) is 4.40.